The summed E-state index contributed by atoms with van der Waals surface area (Å²) in [6.45, 7) is 3.53. The molecule has 0 atom stereocenters. The zero-order valence-corrected chi connectivity index (χ0v) is 9.74. The summed E-state index contributed by atoms with van der Waals surface area (Å²) in [7, 11) is 0. The van der Waals surface area contributed by atoms with Gasteiger partial charge < -0.3 is 5.32 Å². The van der Waals surface area contributed by atoms with E-state index in [1.807, 2.05) is 0 Å². The van der Waals surface area contributed by atoms with Crippen LogP contribution in [-0.4, -0.2) is 52.2 Å². The molecule has 0 amide bonds. The molecular weight excluding hydrogens is 247 g/mol. The van der Waals surface area contributed by atoms with Crippen molar-refractivity contribution in [1.82, 2.24) is 25.2 Å². The second-order valence-electron chi connectivity index (χ2n) is 5.23. The lowest BCUT2D eigenvalue weighted by atomic mass is 9.74. The molecule has 2 aliphatic rings. The summed E-state index contributed by atoms with van der Waals surface area (Å²) < 4.78 is 36.4. The van der Waals surface area contributed by atoms with Crippen LogP contribution < -0.4 is 5.32 Å². The van der Waals surface area contributed by atoms with E-state index >= 15 is 0 Å². The molecule has 2 saturated heterocycles. The first-order valence-electron chi connectivity index (χ1n) is 5.83. The molecule has 1 aromatic heterocycles. The average molecular weight is 261 g/mol. The summed E-state index contributed by atoms with van der Waals surface area (Å²) in [6.07, 6.45) is -2.86. The summed E-state index contributed by atoms with van der Waals surface area (Å²) >= 11 is 0. The van der Waals surface area contributed by atoms with Crippen LogP contribution in [0.5, 0.6) is 0 Å². The van der Waals surface area contributed by atoms with Gasteiger partial charge in [0.1, 0.15) is 0 Å². The highest BCUT2D eigenvalue weighted by atomic mass is 19.4. The fraction of sp³-hybridized carbons (Fsp3) is 0.800. The van der Waals surface area contributed by atoms with Gasteiger partial charge in [0.15, 0.2) is 6.54 Å². The summed E-state index contributed by atoms with van der Waals surface area (Å²) in [5, 5.41) is 10.7. The second kappa shape index (κ2) is 3.92. The predicted molar refractivity (Wildman–Crippen MR) is 56.7 cm³/mol. The number of likely N-dealkylation sites (tertiary alicyclic amines) is 1. The molecule has 0 radical (unpaired) electrons. The van der Waals surface area contributed by atoms with E-state index in [1.165, 1.54) is 6.20 Å². The number of nitrogens with one attached hydrogen (secondary N) is 1. The Morgan fingerprint density at radius 3 is 2.61 bits per heavy atom. The SMILES string of the molecule is FC(F)(F)Cn1ncc(CN2CC3(CNC3)C2)n1. The monoisotopic (exact) mass is 261 g/mol. The van der Waals surface area contributed by atoms with Gasteiger partial charge >= 0.3 is 6.18 Å². The molecule has 0 aromatic carbocycles. The van der Waals surface area contributed by atoms with Gasteiger partial charge in [0, 0.05) is 38.1 Å². The lowest BCUT2D eigenvalue weighted by molar-refractivity contribution is -0.145. The third kappa shape index (κ3) is 2.35. The normalized spacial score (nSPS) is 22.8. The minimum Gasteiger partial charge on any atom is -0.315 e. The Morgan fingerprint density at radius 1 is 1.33 bits per heavy atom. The standard InChI is InChI=1S/C10H14F3N5/c11-10(12,13)7-18-15-1-8(16-18)2-17-5-9(6-17)3-14-4-9/h1,14H,2-7H2. The Morgan fingerprint density at radius 2 is 2.06 bits per heavy atom. The smallest absolute Gasteiger partial charge is 0.315 e. The Bertz CT molecular complexity index is 429. The van der Waals surface area contributed by atoms with Gasteiger partial charge in [0.25, 0.3) is 0 Å². The Labute approximate surface area is 102 Å². The fourth-order valence-electron chi connectivity index (χ4n) is 2.59. The van der Waals surface area contributed by atoms with E-state index in [-0.39, 0.29) is 0 Å². The summed E-state index contributed by atoms with van der Waals surface area (Å²) in [6, 6.07) is 0. The van der Waals surface area contributed by atoms with Crippen molar-refractivity contribution in [2.24, 2.45) is 5.41 Å². The molecule has 0 unspecified atom stereocenters. The Kier molecular flexibility index (Phi) is 2.60. The van der Waals surface area contributed by atoms with Gasteiger partial charge in [0.2, 0.25) is 0 Å². The molecule has 5 nitrogen and oxygen atoms in total. The average Bonchev–Trinajstić information content (AvgIpc) is 2.52. The third-order valence-electron chi connectivity index (χ3n) is 3.41. The number of hydrogen-bond acceptors (Lipinski definition) is 4. The van der Waals surface area contributed by atoms with E-state index in [4.69, 9.17) is 0 Å². The van der Waals surface area contributed by atoms with Crippen LogP contribution in [0.4, 0.5) is 13.2 Å². The van der Waals surface area contributed by atoms with Gasteiger partial charge in [-0.1, -0.05) is 0 Å². The first-order valence-corrected chi connectivity index (χ1v) is 5.83. The minimum atomic E-state index is -4.27. The van der Waals surface area contributed by atoms with Crippen LogP contribution >= 0.6 is 0 Å². The summed E-state index contributed by atoms with van der Waals surface area (Å²) in [5.74, 6) is 0. The second-order valence-corrected chi connectivity index (χ2v) is 5.23. The van der Waals surface area contributed by atoms with E-state index in [1.54, 1.807) is 0 Å². The van der Waals surface area contributed by atoms with Crippen molar-refractivity contribution >= 4 is 0 Å². The summed E-state index contributed by atoms with van der Waals surface area (Å²) in [4.78, 5) is 2.89. The van der Waals surface area contributed by atoms with E-state index in [2.05, 4.69) is 20.4 Å². The van der Waals surface area contributed by atoms with Gasteiger partial charge in [-0.2, -0.15) is 28.2 Å². The predicted octanol–water partition coefficient (Wildman–Crippen LogP) is 0.246. The van der Waals surface area contributed by atoms with Crippen molar-refractivity contribution < 1.29 is 13.2 Å². The maximum Gasteiger partial charge on any atom is 0.409 e. The first-order chi connectivity index (χ1) is 8.44. The van der Waals surface area contributed by atoms with Crippen LogP contribution in [0, 0.1) is 5.41 Å². The number of aromatic nitrogens is 3. The highest BCUT2D eigenvalue weighted by Crippen LogP contribution is 2.34. The molecule has 2 fully saturated rings. The number of halogens is 3. The molecule has 1 aromatic rings. The summed E-state index contributed by atoms with van der Waals surface area (Å²) in [5.41, 5.74) is 1.02. The molecular formula is C10H14F3N5. The van der Waals surface area contributed by atoms with Crippen LogP contribution in [0.25, 0.3) is 0 Å². The molecule has 2 aliphatic heterocycles. The topological polar surface area (TPSA) is 46.0 Å². The van der Waals surface area contributed by atoms with Gasteiger partial charge in [-0.15, -0.1) is 0 Å². The van der Waals surface area contributed by atoms with Gasteiger partial charge in [-0.05, 0) is 0 Å². The van der Waals surface area contributed by atoms with E-state index in [9.17, 15) is 13.2 Å². The molecule has 8 heteroatoms. The number of nitrogens with zero attached hydrogens (tertiary/aromatic N) is 4. The van der Waals surface area contributed by atoms with Gasteiger partial charge in [-0.3, -0.25) is 4.90 Å². The largest absolute Gasteiger partial charge is 0.409 e. The molecule has 18 heavy (non-hydrogen) atoms. The van der Waals surface area contributed by atoms with Crippen molar-refractivity contribution in [2.45, 2.75) is 19.3 Å². The molecule has 0 aliphatic carbocycles. The molecule has 0 bridgehead atoms. The maximum absolute atomic E-state index is 12.1. The quantitative estimate of drug-likeness (QED) is 0.847. The van der Waals surface area contributed by atoms with Crippen molar-refractivity contribution in [3.05, 3.63) is 11.9 Å². The van der Waals surface area contributed by atoms with Crippen LogP contribution in [0.15, 0.2) is 6.20 Å². The first kappa shape index (κ1) is 11.9. The van der Waals surface area contributed by atoms with Crippen LogP contribution in [-0.2, 0) is 13.1 Å². The molecule has 3 heterocycles. The zero-order chi connectivity index (χ0) is 12.8. The molecule has 1 N–H and O–H groups in total. The van der Waals surface area contributed by atoms with E-state index in [0.717, 1.165) is 26.2 Å². The van der Waals surface area contributed by atoms with Crippen molar-refractivity contribution in [1.29, 1.82) is 0 Å². The molecule has 1 spiro atoms. The lowest BCUT2D eigenvalue weighted by Crippen LogP contribution is -2.70. The third-order valence-corrected chi connectivity index (χ3v) is 3.41. The van der Waals surface area contributed by atoms with E-state index in [0.29, 0.717) is 22.5 Å². The fourth-order valence-corrected chi connectivity index (χ4v) is 2.59. The molecule has 3 rings (SSSR count). The van der Waals surface area contributed by atoms with E-state index < -0.39 is 12.7 Å². The highest BCUT2D eigenvalue weighted by molar-refractivity contribution is 5.05. The van der Waals surface area contributed by atoms with Crippen molar-refractivity contribution in [3.8, 4) is 0 Å². The van der Waals surface area contributed by atoms with Crippen molar-refractivity contribution in [3.63, 3.8) is 0 Å². The molecule has 0 saturated carbocycles. The maximum atomic E-state index is 12.1. The van der Waals surface area contributed by atoms with Crippen LogP contribution in [0.2, 0.25) is 0 Å². The van der Waals surface area contributed by atoms with Gasteiger partial charge in [0.05, 0.1) is 11.9 Å². The van der Waals surface area contributed by atoms with Gasteiger partial charge in [-0.25, -0.2) is 0 Å². The Hall–Kier alpha value is -1.15. The van der Waals surface area contributed by atoms with Crippen molar-refractivity contribution in [2.75, 3.05) is 26.2 Å². The number of rotatable bonds is 3. The van der Waals surface area contributed by atoms with Crippen LogP contribution in [0.1, 0.15) is 5.69 Å². The zero-order valence-electron chi connectivity index (χ0n) is 9.74. The minimum absolute atomic E-state index is 0.419. The Balaban J connectivity index is 1.52. The number of hydrogen-bond donors (Lipinski definition) is 1. The van der Waals surface area contributed by atoms with Crippen LogP contribution in [0.3, 0.4) is 0 Å². The highest BCUT2D eigenvalue weighted by Gasteiger charge is 2.47. The number of alkyl halides is 3. The lowest BCUT2D eigenvalue weighted by Gasteiger charge is -2.56. The molecule has 100 valence electrons.